The van der Waals surface area contributed by atoms with Crippen molar-refractivity contribution in [3.05, 3.63) is 33.7 Å². The van der Waals surface area contributed by atoms with Crippen molar-refractivity contribution in [2.24, 2.45) is 0 Å². The predicted molar refractivity (Wildman–Crippen MR) is 97.0 cm³/mol. The van der Waals surface area contributed by atoms with Gasteiger partial charge in [0, 0.05) is 44.5 Å². The molecule has 0 radical (unpaired) electrons. The number of likely N-dealkylation sites (tertiary alicyclic amines) is 1. The Balaban J connectivity index is 1.53. The molecule has 2 aliphatic heterocycles. The third-order valence-electron chi connectivity index (χ3n) is 5.36. The van der Waals surface area contributed by atoms with Crippen LogP contribution in [0.15, 0.2) is 16.9 Å². The summed E-state index contributed by atoms with van der Waals surface area (Å²) in [4.78, 5) is 27.4. The minimum Gasteiger partial charge on any atom is -0.377 e. The molecule has 3 heterocycles. The molecule has 6 nitrogen and oxygen atoms in total. The van der Waals surface area contributed by atoms with Crippen molar-refractivity contribution in [3.63, 3.8) is 0 Å². The van der Waals surface area contributed by atoms with E-state index in [1.807, 2.05) is 19.9 Å². The Morgan fingerprint density at radius 3 is 2.68 bits per heavy atom. The minimum atomic E-state index is -0.246. The predicted octanol–water partition coefficient (Wildman–Crippen LogP) is 1.55. The van der Waals surface area contributed by atoms with Crippen LogP contribution in [0, 0.1) is 6.92 Å². The second-order valence-corrected chi connectivity index (χ2v) is 7.12. The number of aryl methyl sites for hydroxylation is 1. The number of piperidine rings is 1. The van der Waals surface area contributed by atoms with E-state index in [4.69, 9.17) is 4.74 Å². The summed E-state index contributed by atoms with van der Waals surface area (Å²) in [5.41, 5.74) is 0.927. The first-order valence-corrected chi connectivity index (χ1v) is 9.43. The number of nitrogens with one attached hydrogen (secondary N) is 1. The Kier molecular flexibility index (Phi) is 5.91. The average molecular weight is 347 g/mol. The smallest absolute Gasteiger partial charge is 0.263 e. The van der Waals surface area contributed by atoms with Gasteiger partial charge < -0.3 is 19.5 Å². The summed E-state index contributed by atoms with van der Waals surface area (Å²) in [5.74, 6) is -0.246. The van der Waals surface area contributed by atoms with E-state index in [0.717, 1.165) is 51.2 Å². The zero-order valence-electron chi connectivity index (χ0n) is 15.3. The van der Waals surface area contributed by atoms with Crippen LogP contribution in [0.2, 0.25) is 0 Å². The second-order valence-electron chi connectivity index (χ2n) is 7.12. The molecule has 1 aromatic rings. The lowest BCUT2D eigenvalue weighted by atomic mass is 10.0. The molecule has 0 bridgehead atoms. The molecule has 1 unspecified atom stereocenters. The second kappa shape index (κ2) is 8.15. The van der Waals surface area contributed by atoms with Crippen LogP contribution in [0.3, 0.4) is 0 Å². The lowest BCUT2D eigenvalue weighted by molar-refractivity contribution is 0.0612. The Morgan fingerprint density at radius 1 is 1.28 bits per heavy atom. The Labute approximate surface area is 149 Å². The van der Waals surface area contributed by atoms with Gasteiger partial charge in [-0.2, -0.15) is 0 Å². The number of pyridine rings is 1. The molecule has 1 N–H and O–H groups in total. The van der Waals surface area contributed by atoms with E-state index in [0.29, 0.717) is 12.6 Å². The number of carbonyl (C=O) groups is 1. The molecule has 0 aliphatic carbocycles. The molecule has 0 spiro atoms. The van der Waals surface area contributed by atoms with Crippen molar-refractivity contribution in [3.8, 4) is 0 Å². The van der Waals surface area contributed by atoms with Crippen molar-refractivity contribution in [2.45, 2.75) is 58.2 Å². The van der Waals surface area contributed by atoms with Gasteiger partial charge in [0.25, 0.3) is 11.5 Å². The van der Waals surface area contributed by atoms with Crippen LogP contribution in [-0.4, -0.2) is 53.8 Å². The van der Waals surface area contributed by atoms with Crippen LogP contribution in [0.4, 0.5) is 0 Å². The summed E-state index contributed by atoms with van der Waals surface area (Å²) in [7, 11) is 0. The van der Waals surface area contributed by atoms with Gasteiger partial charge in [0.1, 0.15) is 5.56 Å². The first kappa shape index (κ1) is 18.1. The highest BCUT2D eigenvalue weighted by Gasteiger charge is 2.25. The van der Waals surface area contributed by atoms with Gasteiger partial charge in [0.2, 0.25) is 0 Å². The van der Waals surface area contributed by atoms with Gasteiger partial charge >= 0.3 is 0 Å². The molecule has 2 fully saturated rings. The van der Waals surface area contributed by atoms with E-state index in [1.54, 1.807) is 10.6 Å². The van der Waals surface area contributed by atoms with E-state index >= 15 is 0 Å². The van der Waals surface area contributed by atoms with E-state index in [9.17, 15) is 9.59 Å². The first-order chi connectivity index (χ1) is 12.1. The van der Waals surface area contributed by atoms with Gasteiger partial charge in [0.15, 0.2) is 0 Å². The third kappa shape index (κ3) is 4.30. The van der Waals surface area contributed by atoms with E-state index < -0.39 is 0 Å². The lowest BCUT2D eigenvalue weighted by Crippen LogP contribution is -2.47. The number of hydrogen-bond donors (Lipinski definition) is 1. The first-order valence-electron chi connectivity index (χ1n) is 9.43. The molecule has 1 aromatic heterocycles. The van der Waals surface area contributed by atoms with Crippen LogP contribution in [-0.2, 0) is 11.3 Å². The van der Waals surface area contributed by atoms with Crippen LogP contribution in [0.5, 0.6) is 0 Å². The lowest BCUT2D eigenvalue weighted by Gasteiger charge is -2.33. The number of rotatable bonds is 5. The van der Waals surface area contributed by atoms with Crippen LogP contribution < -0.4 is 10.9 Å². The van der Waals surface area contributed by atoms with Crippen molar-refractivity contribution >= 4 is 5.91 Å². The van der Waals surface area contributed by atoms with E-state index in [-0.39, 0.29) is 23.1 Å². The largest absolute Gasteiger partial charge is 0.377 e. The highest BCUT2D eigenvalue weighted by molar-refractivity contribution is 5.94. The molecule has 2 aliphatic rings. The number of carbonyl (C=O) groups excluding carboxylic acids is 1. The molecule has 2 saturated heterocycles. The van der Waals surface area contributed by atoms with Crippen molar-refractivity contribution in [1.29, 1.82) is 0 Å². The Hall–Kier alpha value is -1.66. The summed E-state index contributed by atoms with van der Waals surface area (Å²) in [6, 6.07) is 3.62. The van der Waals surface area contributed by atoms with Crippen LogP contribution in [0.1, 0.15) is 48.7 Å². The topological polar surface area (TPSA) is 63.6 Å². The van der Waals surface area contributed by atoms with Crippen LogP contribution in [0.25, 0.3) is 0 Å². The fraction of sp³-hybridized carbons (Fsp3) is 0.684. The number of amides is 1. The Bertz CT molecular complexity index is 656. The fourth-order valence-electron chi connectivity index (χ4n) is 3.84. The quantitative estimate of drug-likeness (QED) is 0.878. The maximum atomic E-state index is 12.5. The molecule has 25 heavy (non-hydrogen) atoms. The van der Waals surface area contributed by atoms with Gasteiger partial charge in [-0.05, 0) is 51.7 Å². The molecular weight excluding hydrogens is 318 g/mol. The standard InChI is InChI=1S/C19H29N3O3/c1-3-22-14(2)6-7-17(19(22)24)18(23)20-15-8-10-21(11-9-15)13-16-5-4-12-25-16/h6-7,15-16H,3-5,8-13H2,1-2H3,(H,20,23). The molecule has 1 atom stereocenters. The average Bonchev–Trinajstić information content (AvgIpc) is 3.10. The Morgan fingerprint density at radius 2 is 2.04 bits per heavy atom. The fourth-order valence-corrected chi connectivity index (χ4v) is 3.84. The summed E-state index contributed by atoms with van der Waals surface area (Å²) in [6.07, 6.45) is 4.56. The normalized spacial score (nSPS) is 22.2. The summed E-state index contributed by atoms with van der Waals surface area (Å²) >= 11 is 0. The van der Waals surface area contributed by atoms with Gasteiger partial charge in [0.05, 0.1) is 6.10 Å². The molecule has 1 amide bonds. The number of aromatic nitrogens is 1. The molecule has 6 heteroatoms. The van der Waals surface area contributed by atoms with E-state index in [1.165, 1.54) is 6.42 Å². The highest BCUT2D eigenvalue weighted by Crippen LogP contribution is 2.17. The maximum absolute atomic E-state index is 12.5. The molecule has 3 rings (SSSR count). The zero-order valence-corrected chi connectivity index (χ0v) is 15.3. The van der Waals surface area contributed by atoms with Crippen molar-refractivity contribution < 1.29 is 9.53 Å². The third-order valence-corrected chi connectivity index (χ3v) is 5.36. The van der Waals surface area contributed by atoms with Crippen LogP contribution >= 0.6 is 0 Å². The van der Waals surface area contributed by atoms with Gasteiger partial charge in [-0.3, -0.25) is 9.59 Å². The molecule has 0 saturated carbocycles. The van der Waals surface area contributed by atoms with E-state index in [2.05, 4.69) is 10.2 Å². The summed E-state index contributed by atoms with van der Waals surface area (Å²) in [6.45, 7) is 8.21. The molecular formula is C19H29N3O3. The van der Waals surface area contributed by atoms with Gasteiger partial charge in [-0.15, -0.1) is 0 Å². The number of nitrogens with zero attached hydrogens (tertiary/aromatic N) is 2. The summed E-state index contributed by atoms with van der Waals surface area (Å²) in [5, 5.41) is 3.05. The van der Waals surface area contributed by atoms with Crippen molar-refractivity contribution in [1.82, 2.24) is 14.8 Å². The maximum Gasteiger partial charge on any atom is 0.263 e. The SMILES string of the molecule is CCn1c(C)ccc(C(=O)NC2CCN(CC3CCCO3)CC2)c1=O. The number of ether oxygens (including phenoxy) is 1. The van der Waals surface area contributed by atoms with Gasteiger partial charge in [-0.25, -0.2) is 0 Å². The van der Waals surface area contributed by atoms with Gasteiger partial charge in [-0.1, -0.05) is 0 Å². The number of hydrogen-bond acceptors (Lipinski definition) is 4. The molecule has 0 aromatic carbocycles. The highest BCUT2D eigenvalue weighted by atomic mass is 16.5. The zero-order chi connectivity index (χ0) is 17.8. The monoisotopic (exact) mass is 347 g/mol. The molecule has 138 valence electrons. The summed E-state index contributed by atoms with van der Waals surface area (Å²) < 4.78 is 7.34. The minimum absolute atomic E-state index is 0.143. The van der Waals surface area contributed by atoms with Crippen molar-refractivity contribution in [2.75, 3.05) is 26.2 Å².